The van der Waals surface area contributed by atoms with Crippen molar-refractivity contribution in [2.75, 3.05) is 0 Å². The highest BCUT2D eigenvalue weighted by atomic mass is 32.2. The third-order valence-corrected chi connectivity index (χ3v) is 13.1. The Morgan fingerprint density at radius 1 is 0.309 bits per heavy atom. The summed E-state index contributed by atoms with van der Waals surface area (Å²) in [6, 6.07) is 70.4. The molecule has 0 aliphatic heterocycles. The summed E-state index contributed by atoms with van der Waals surface area (Å²) < 4.78 is 0. The standard InChI is InChI=1S/C52H34N2S/c53-49(34-14-2-1-3-15-34)55-50(54)35-28-26-33(27-29-35)36-30-31-40-39-18-6-9-21-43(39)52(48(40)32-36)46-24-12-10-22-44(46)51(45-23-11-13-25-47(45)52)41-19-7-4-16-37(41)38-17-5-8-20-42(38)51/h1-32,53-54H. The largest absolute Gasteiger partial charge is 0.293 e. The summed E-state index contributed by atoms with van der Waals surface area (Å²) in [5, 5.41) is 18.1. The predicted molar refractivity (Wildman–Crippen MR) is 228 cm³/mol. The van der Waals surface area contributed by atoms with E-state index in [4.69, 9.17) is 10.8 Å². The van der Waals surface area contributed by atoms with E-state index < -0.39 is 10.8 Å². The van der Waals surface area contributed by atoms with Crippen LogP contribution in [0.5, 0.6) is 0 Å². The van der Waals surface area contributed by atoms with E-state index in [2.05, 4.69) is 152 Å². The number of thioether (sulfide) groups is 1. The number of hydrogen-bond donors (Lipinski definition) is 2. The van der Waals surface area contributed by atoms with E-state index in [1.807, 2.05) is 42.5 Å². The summed E-state index contributed by atoms with van der Waals surface area (Å²) in [7, 11) is 0. The van der Waals surface area contributed by atoms with Gasteiger partial charge in [-0.3, -0.25) is 10.8 Å². The van der Waals surface area contributed by atoms with Gasteiger partial charge in [0.25, 0.3) is 0 Å². The van der Waals surface area contributed by atoms with Gasteiger partial charge in [0.05, 0.1) is 10.8 Å². The van der Waals surface area contributed by atoms with E-state index in [0.717, 1.165) is 22.3 Å². The minimum atomic E-state index is -0.538. The highest BCUT2D eigenvalue weighted by Gasteiger charge is 2.58. The van der Waals surface area contributed by atoms with Crippen LogP contribution in [0, 0.1) is 10.8 Å². The molecule has 0 bridgehead atoms. The summed E-state index contributed by atoms with van der Waals surface area (Å²) in [6.07, 6.45) is 0. The minimum Gasteiger partial charge on any atom is -0.293 e. The number of rotatable bonds is 3. The number of nitrogens with one attached hydrogen (secondary N) is 2. The first-order valence-corrected chi connectivity index (χ1v) is 19.6. The van der Waals surface area contributed by atoms with Gasteiger partial charge in [-0.2, -0.15) is 0 Å². The lowest BCUT2D eigenvalue weighted by Crippen LogP contribution is -2.43. The zero-order valence-corrected chi connectivity index (χ0v) is 30.7. The van der Waals surface area contributed by atoms with Crippen molar-refractivity contribution in [3.05, 3.63) is 250 Å². The number of fused-ring (bicyclic) bond motifs is 16. The van der Waals surface area contributed by atoms with Gasteiger partial charge in [0.1, 0.15) is 10.1 Å². The smallest absolute Gasteiger partial charge is 0.100 e. The topological polar surface area (TPSA) is 47.7 Å². The first-order chi connectivity index (χ1) is 27.1. The Kier molecular flexibility index (Phi) is 6.95. The fourth-order valence-corrected chi connectivity index (χ4v) is 10.8. The molecule has 0 atom stereocenters. The van der Waals surface area contributed by atoms with Crippen LogP contribution < -0.4 is 0 Å². The van der Waals surface area contributed by atoms with Crippen LogP contribution in [0.3, 0.4) is 0 Å². The monoisotopic (exact) mass is 718 g/mol. The van der Waals surface area contributed by atoms with Gasteiger partial charge in [0, 0.05) is 11.1 Å². The molecule has 0 radical (unpaired) electrons. The molecule has 3 aliphatic rings. The Morgan fingerprint density at radius 3 is 1.13 bits per heavy atom. The zero-order valence-electron chi connectivity index (χ0n) is 29.9. The molecule has 3 heteroatoms. The maximum atomic E-state index is 8.81. The van der Waals surface area contributed by atoms with Gasteiger partial charge in [-0.1, -0.05) is 200 Å². The summed E-state index contributed by atoms with van der Waals surface area (Å²) in [6.45, 7) is 0. The van der Waals surface area contributed by atoms with Gasteiger partial charge in [-0.15, -0.1) is 0 Å². The molecule has 55 heavy (non-hydrogen) atoms. The second kappa shape index (κ2) is 12.0. The Balaban J connectivity index is 1.11. The van der Waals surface area contributed by atoms with Crippen LogP contribution in [0.15, 0.2) is 194 Å². The first-order valence-electron chi connectivity index (χ1n) is 18.8. The van der Waals surface area contributed by atoms with Gasteiger partial charge < -0.3 is 0 Å². The Bertz CT molecular complexity index is 2790. The molecule has 0 saturated heterocycles. The van der Waals surface area contributed by atoms with E-state index in [0.29, 0.717) is 10.1 Å². The van der Waals surface area contributed by atoms with Gasteiger partial charge in [0.15, 0.2) is 0 Å². The highest BCUT2D eigenvalue weighted by Crippen LogP contribution is 2.67. The number of benzene rings is 8. The van der Waals surface area contributed by atoms with Crippen molar-refractivity contribution < 1.29 is 0 Å². The molecule has 3 aliphatic carbocycles. The van der Waals surface area contributed by atoms with E-state index in [-0.39, 0.29) is 0 Å². The molecule has 11 rings (SSSR count). The molecular weight excluding hydrogens is 685 g/mol. The highest BCUT2D eigenvalue weighted by molar-refractivity contribution is 8.27. The molecule has 2 spiro atoms. The lowest BCUT2D eigenvalue weighted by atomic mass is 9.52. The third-order valence-electron chi connectivity index (χ3n) is 12.2. The average Bonchev–Trinajstić information content (AvgIpc) is 3.71. The molecule has 8 aromatic rings. The van der Waals surface area contributed by atoms with Gasteiger partial charge in [-0.25, -0.2) is 0 Å². The Morgan fingerprint density at radius 2 is 0.655 bits per heavy atom. The molecule has 258 valence electrons. The van der Waals surface area contributed by atoms with E-state index in [9.17, 15) is 0 Å². The van der Waals surface area contributed by atoms with Crippen molar-refractivity contribution >= 4 is 21.8 Å². The molecule has 2 N–H and O–H groups in total. The van der Waals surface area contributed by atoms with Gasteiger partial charge >= 0.3 is 0 Å². The first kappa shape index (κ1) is 31.9. The fraction of sp³-hybridized carbons (Fsp3) is 0.0385. The van der Waals surface area contributed by atoms with Crippen LogP contribution in [-0.2, 0) is 10.8 Å². The lowest BCUT2D eigenvalue weighted by molar-refractivity contribution is 0.633. The van der Waals surface area contributed by atoms with Crippen molar-refractivity contribution in [3.63, 3.8) is 0 Å². The van der Waals surface area contributed by atoms with Crippen LogP contribution in [0.25, 0.3) is 33.4 Å². The normalized spacial score (nSPS) is 14.3. The van der Waals surface area contributed by atoms with Crippen molar-refractivity contribution in [3.8, 4) is 33.4 Å². The Labute approximate surface area is 325 Å². The van der Waals surface area contributed by atoms with Gasteiger partial charge in [-0.05, 0) is 84.0 Å². The van der Waals surface area contributed by atoms with E-state index in [1.165, 1.54) is 78.5 Å². The van der Waals surface area contributed by atoms with Crippen molar-refractivity contribution in [1.29, 1.82) is 10.8 Å². The van der Waals surface area contributed by atoms with E-state index in [1.54, 1.807) is 0 Å². The molecule has 0 aromatic heterocycles. The Hall–Kier alpha value is -6.55. The molecule has 0 unspecified atom stereocenters. The molecular formula is C52H34N2S. The van der Waals surface area contributed by atoms with Crippen LogP contribution in [0.4, 0.5) is 0 Å². The molecule has 8 aromatic carbocycles. The minimum absolute atomic E-state index is 0.364. The van der Waals surface area contributed by atoms with Crippen LogP contribution in [0.1, 0.15) is 55.6 Å². The molecule has 0 heterocycles. The average molecular weight is 719 g/mol. The van der Waals surface area contributed by atoms with Crippen molar-refractivity contribution in [1.82, 2.24) is 0 Å². The van der Waals surface area contributed by atoms with Crippen molar-refractivity contribution in [2.24, 2.45) is 0 Å². The zero-order chi connectivity index (χ0) is 36.7. The molecule has 0 saturated carbocycles. The second-order valence-corrected chi connectivity index (χ2v) is 15.7. The maximum absolute atomic E-state index is 8.81. The summed E-state index contributed by atoms with van der Waals surface area (Å²) in [5.74, 6) is 0. The van der Waals surface area contributed by atoms with Crippen LogP contribution in [0.2, 0.25) is 0 Å². The quantitative estimate of drug-likeness (QED) is 0.139. The van der Waals surface area contributed by atoms with Gasteiger partial charge in [0.2, 0.25) is 0 Å². The van der Waals surface area contributed by atoms with Crippen LogP contribution >= 0.6 is 11.8 Å². The third kappa shape index (κ3) is 4.27. The maximum Gasteiger partial charge on any atom is 0.100 e. The lowest BCUT2D eigenvalue weighted by Gasteiger charge is -2.48. The fourth-order valence-electron chi connectivity index (χ4n) is 10.0. The molecule has 0 fully saturated rings. The predicted octanol–water partition coefficient (Wildman–Crippen LogP) is 12.5. The molecule has 0 amide bonds. The van der Waals surface area contributed by atoms with E-state index >= 15 is 0 Å². The summed E-state index contributed by atoms with van der Waals surface area (Å²) in [4.78, 5) is 0. The summed E-state index contributed by atoms with van der Waals surface area (Å²) >= 11 is 1.18. The number of hydrogen-bond acceptors (Lipinski definition) is 3. The summed E-state index contributed by atoms with van der Waals surface area (Å²) in [5.41, 5.74) is 18.6. The second-order valence-electron chi connectivity index (χ2n) is 14.7. The van der Waals surface area contributed by atoms with Crippen LogP contribution in [-0.4, -0.2) is 10.1 Å². The van der Waals surface area contributed by atoms with Crippen molar-refractivity contribution in [2.45, 2.75) is 10.8 Å². The molecule has 2 nitrogen and oxygen atoms in total. The SMILES string of the molecule is N=C(SC(=N)c1ccc(-c2ccc3c(c2)C2(c4ccccc4-3)c3ccccc3C3(c4ccccc4-c4ccccc43)c3ccccc32)cc1)c1ccccc1.